The Hall–Kier alpha value is -1.18. The van der Waals surface area contributed by atoms with Crippen LogP contribution in [-0.4, -0.2) is 12.1 Å². The van der Waals surface area contributed by atoms with Crippen molar-refractivity contribution in [2.45, 2.75) is 26.2 Å². The van der Waals surface area contributed by atoms with E-state index in [1.165, 1.54) is 0 Å². The third kappa shape index (κ3) is 2.46. The lowest BCUT2D eigenvalue weighted by Gasteiger charge is -2.03. The van der Waals surface area contributed by atoms with Crippen molar-refractivity contribution < 1.29 is 0 Å². The van der Waals surface area contributed by atoms with Gasteiger partial charge in [-0.15, -0.1) is 0 Å². The first kappa shape index (κ1) is 8.91. The summed E-state index contributed by atoms with van der Waals surface area (Å²) in [5.74, 6) is 0.382. The van der Waals surface area contributed by atoms with E-state index in [1.54, 1.807) is 6.21 Å². The second-order valence-electron chi connectivity index (χ2n) is 2.71. The van der Waals surface area contributed by atoms with E-state index in [-0.39, 0.29) is 0 Å². The molecule has 12 heavy (non-hydrogen) atoms. The van der Waals surface area contributed by atoms with Crippen LogP contribution in [-0.2, 0) is 0 Å². The molecule has 2 nitrogen and oxygen atoms in total. The lowest BCUT2D eigenvalue weighted by Crippen LogP contribution is -1.97. The van der Waals surface area contributed by atoms with Crippen LogP contribution in [0.15, 0.2) is 28.8 Å². The molecule has 0 aromatic rings. The SMILES string of the molecule is CC/C=N/C(=N)C1=CCCC=C1. The largest absolute Gasteiger partial charge is 0.282 e. The van der Waals surface area contributed by atoms with Crippen molar-refractivity contribution in [3.05, 3.63) is 23.8 Å². The van der Waals surface area contributed by atoms with Crippen LogP contribution in [0.1, 0.15) is 26.2 Å². The van der Waals surface area contributed by atoms with E-state index >= 15 is 0 Å². The predicted molar refractivity (Wildman–Crippen MR) is 53.0 cm³/mol. The molecule has 0 radical (unpaired) electrons. The minimum Gasteiger partial charge on any atom is -0.282 e. The minimum atomic E-state index is 0.382. The zero-order valence-corrected chi connectivity index (χ0v) is 7.38. The van der Waals surface area contributed by atoms with Crippen LogP contribution < -0.4 is 0 Å². The average Bonchev–Trinajstić information content (AvgIpc) is 2.15. The van der Waals surface area contributed by atoms with Gasteiger partial charge in [-0.05, 0) is 19.3 Å². The van der Waals surface area contributed by atoms with Crippen molar-refractivity contribution in [3.8, 4) is 0 Å². The molecule has 0 atom stereocenters. The second kappa shape index (κ2) is 4.65. The van der Waals surface area contributed by atoms with Gasteiger partial charge >= 0.3 is 0 Å². The fraction of sp³-hybridized carbons (Fsp3) is 0.400. The van der Waals surface area contributed by atoms with Gasteiger partial charge in [-0.1, -0.05) is 25.2 Å². The molecule has 0 unspecified atom stereocenters. The number of allylic oxidation sites excluding steroid dienone is 2. The van der Waals surface area contributed by atoms with Crippen LogP contribution in [0.3, 0.4) is 0 Å². The average molecular weight is 162 g/mol. The number of hydrogen-bond acceptors (Lipinski definition) is 1. The molecule has 1 N–H and O–H groups in total. The Kier molecular flexibility index (Phi) is 3.45. The minimum absolute atomic E-state index is 0.382. The van der Waals surface area contributed by atoms with Gasteiger partial charge < -0.3 is 0 Å². The molecular weight excluding hydrogens is 148 g/mol. The second-order valence-corrected chi connectivity index (χ2v) is 2.71. The van der Waals surface area contributed by atoms with E-state index in [0.29, 0.717) is 5.84 Å². The van der Waals surface area contributed by atoms with Gasteiger partial charge in [0.05, 0.1) is 0 Å². The predicted octanol–water partition coefficient (Wildman–Crippen LogP) is 2.72. The first-order valence-corrected chi connectivity index (χ1v) is 4.32. The van der Waals surface area contributed by atoms with Crippen molar-refractivity contribution in [1.29, 1.82) is 5.41 Å². The Morgan fingerprint density at radius 1 is 1.67 bits per heavy atom. The first-order chi connectivity index (χ1) is 5.84. The smallest absolute Gasteiger partial charge is 0.151 e. The molecular formula is C10H14N2. The van der Waals surface area contributed by atoms with Crippen LogP contribution in [0.4, 0.5) is 0 Å². The highest BCUT2D eigenvalue weighted by Crippen LogP contribution is 2.10. The molecule has 2 heteroatoms. The van der Waals surface area contributed by atoms with Gasteiger partial charge in [-0.2, -0.15) is 0 Å². The summed E-state index contributed by atoms with van der Waals surface area (Å²) in [5, 5.41) is 7.57. The number of hydrogen-bond donors (Lipinski definition) is 1. The third-order valence-electron chi connectivity index (χ3n) is 1.67. The van der Waals surface area contributed by atoms with Gasteiger partial charge in [0.1, 0.15) is 0 Å². The van der Waals surface area contributed by atoms with Gasteiger partial charge in [0, 0.05) is 11.8 Å². The monoisotopic (exact) mass is 162 g/mol. The molecule has 0 heterocycles. The maximum atomic E-state index is 7.57. The molecule has 0 saturated heterocycles. The summed E-state index contributed by atoms with van der Waals surface area (Å²) in [4.78, 5) is 4.01. The molecule has 0 aromatic heterocycles. The maximum Gasteiger partial charge on any atom is 0.151 e. The molecule has 0 aromatic carbocycles. The lowest BCUT2D eigenvalue weighted by molar-refractivity contribution is 1.03. The molecule has 0 fully saturated rings. The van der Waals surface area contributed by atoms with Crippen molar-refractivity contribution >= 4 is 12.1 Å². The quantitative estimate of drug-likeness (QED) is 0.479. The molecule has 64 valence electrons. The summed E-state index contributed by atoms with van der Waals surface area (Å²) in [7, 11) is 0. The fourth-order valence-corrected chi connectivity index (χ4v) is 1.05. The van der Waals surface area contributed by atoms with Crippen LogP contribution in [0.25, 0.3) is 0 Å². The summed E-state index contributed by atoms with van der Waals surface area (Å²) < 4.78 is 0. The highest BCUT2D eigenvalue weighted by atomic mass is 14.8. The standard InChI is InChI=1S/C10H14N2/c1-2-8-12-10(11)9-6-4-3-5-7-9/h4,6-8,11H,2-3,5H2,1H3/b11-10?,12-8+. The Morgan fingerprint density at radius 3 is 3.08 bits per heavy atom. The Bertz CT molecular complexity index is 247. The van der Waals surface area contributed by atoms with Crippen molar-refractivity contribution in [2.24, 2.45) is 4.99 Å². The Balaban J connectivity index is 2.58. The Morgan fingerprint density at radius 2 is 2.50 bits per heavy atom. The fourth-order valence-electron chi connectivity index (χ4n) is 1.05. The molecule has 1 aliphatic rings. The van der Waals surface area contributed by atoms with Crippen LogP contribution in [0.2, 0.25) is 0 Å². The highest BCUT2D eigenvalue weighted by molar-refractivity contribution is 6.02. The summed E-state index contributed by atoms with van der Waals surface area (Å²) in [6.07, 6.45) is 10.9. The number of nitrogens with zero attached hydrogens (tertiary/aromatic N) is 1. The highest BCUT2D eigenvalue weighted by Gasteiger charge is 2.00. The van der Waals surface area contributed by atoms with E-state index in [0.717, 1.165) is 24.8 Å². The lowest BCUT2D eigenvalue weighted by atomic mass is 10.1. The van der Waals surface area contributed by atoms with Gasteiger partial charge in [0.2, 0.25) is 0 Å². The van der Waals surface area contributed by atoms with Gasteiger partial charge in [0.15, 0.2) is 5.84 Å². The third-order valence-corrected chi connectivity index (χ3v) is 1.67. The van der Waals surface area contributed by atoms with Crippen LogP contribution >= 0.6 is 0 Å². The zero-order chi connectivity index (χ0) is 8.81. The van der Waals surface area contributed by atoms with Crippen LogP contribution in [0.5, 0.6) is 0 Å². The van der Waals surface area contributed by atoms with Gasteiger partial charge in [-0.3, -0.25) is 5.41 Å². The van der Waals surface area contributed by atoms with E-state index < -0.39 is 0 Å². The van der Waals surface area contributed by atoms with Gasteiger partial charge in [-0.25, -0.2) is 4.99 Å². The van der Waals surface area contributed by atoms with E-state index in [4.69, 9.17) is 5.41 Å². The molecule has 1 aliphatic carbocycles. The van der Waals surface area contributed by atoms with E-state index in [9.17, 15) is 0 Å². The number of rotatable bonds is 2. The summed E-state index contributed by atoms with van der Waals surface area (Å²) in [6.45, 7) is 2.02. The van der Waals surface area contributed by atoms with Crippen molar-refractivity contribution in [2.75, 3.05) is 0 Å². The number of amidine groups is 1. The van der Waals surface area contributed by atoms with E-state index in [2.05, 4.69) is 17.1 Å². The number of nitrogens with one attached hydrogen (secondary N) is 1. The van der Waals surface area contributed by atoms with Gasteiger partial charge in [0.25, 0.3) is 0 Å². The molecule has 0 saturated carbocycles. The molecule has 1 rings (SSSR count). The Labute approximate surface area is 73.2 Å². The number of aliphatic imine (C=N–C) groups is 1. The summed E-state index contributed by atoms with van der Waals surface area (Å²) in [6, 6.07) is 0. The van der Waals surface area contributed by atoms with Crippen molar-refractivity contribution in [3.63, 3.8) is 0 Å². The first-order valence-electron chi connectivity index (χ1n) is 4.32. The normalized spacial score (nSPS) is 16.6. The van der Waals surface area contributed by atoms with Crippen molar-refractivity contribution in [1.82, 2.24) is 0 Å². The topological polar surface area (TPSA) is 36.2 Å². The van der Waals surface area contributed by atoms with Crippen LogP contribution in [0, 0.1) is 5.41 Å². The zero-order valence-electron chi connectivity index (χ0n) is 7.38. The summed E-state index contributed by atoms with van der Waals surface area (Å²) in [5.41, 5.74) is 0.950. The molecule has 0 aliphatic heterocycles. The maximum absolute atomic E-state index is 7.57. The molecule has 0 spiro atoms. The summed E-state index contributed by atoms with van der Waals surface area (Å²) >= 11 is 0. The molecule has 0 bridgehead atoms. The molecule has 0 amide bonds. The van der Waals surface area contributed by atoms with E-state index in [1.807, 2.05) is 13.0 Å².